The highest BCUT2D eigenvalue weighted by molar-refractivity contribution is 6.07. The Kier molecular flexibility index (Phi) is 9.52. The summed E-state index contributed by atoms with van der Waals surface area (Å²) in [6.45, 7) is 7.55. The molecule has 2 N–H and O–H groups in total. The molecule has 1 unspecified atom stereocenters. The molecule has 228 valence electrons. The number of carbonyl (C=O) groups excluding carboxylic acids is 1. The minimum absolute atomic E-state index is 0.157. The van der Waals surface area contributed by atoms with E-state index in [4.69, 9.17) is 9.73 Å². The number of aliphatic hydroxyl groups is 1. The van der Waals surface area contributed by atoms with Crippen molar-refractivity contribution in [2.45, 2.75) is 51.1 Å². The number of alkyl halides is 1. The number of nitriles is 1. The number of likely N-dealkylation sites (N-methyl/N-ethyl adjacent to an activating group) is 1. The van der Waals surface area contributed by atoms with Gasteiger partial charge in [-0.25, -0.2) is 14.4 Å². The number of allylic oxidation sites excluding steroid dienone is 2. The molecule has 5 rings (SSSR count). The third kappa shape index (κ3) is 7.29. The first-order chi connectivity index (χ1) is 20.7. The first kappa shape index (κ1) is 30.4. The summed E-state index contributed by atoms with van der Waals surface area (Å²) < 4.78 is 20.8. The zero-order valence-electron chi connectivity index (χ0n) is 24.9. The number of benzene rings is 1. The van der Waals surface area contributed by atoms with Crippen molar-refractivity contribution < 1.29 is 19.0 Å². The first-order valence-corrected chi connectivity index (χ1v) is 14.8. The van der Waals surface area contributed by atoms with E-state index in [2.05, 4.69) is 50.4 Å². The van der Waals surface area contributed by atoms with E-state index in [-0.39, 0.29) is 31.5 Å². The van der Waals surface area contributed by atoms with Gasteiger partial charge in [-0.2, -0.15) is 5.26 Å². The summed E-state index contributed by atoms with van der Waals surface area (Å²) in [5, 5.41) is 22.7. The molecular formula is C31H39FN8O3. The van der Waals surface area contributed by atoms with Crippen LogP contribution >= 0.6 is 0 Å². The number of nitrogens with zero attached hydrogens (tertiary/aromatic N) is 7. The number of likely N-dealkylation sites (tertiary alicyclic amines) is 1. The molecule has 3 aliphatic heterocycles. The van der Waals surface area contributed by atoms with Gasteiger partial charge in [0.25, 0.3) is 5.91 Å². The van der Waals surface area contributed by atoms with Gasteiger partial charge in [0.15, 0.2) is 6.17 Å². The normalized spacial score (nSPS) is 27.2. The lowest BCUT2D eigenvalue weighted by atomic mass is 9.93. The van der Waals surface area contributed by atoms with Crippen molar-refractivity contribution in [2.75, 3.05) is 56.5 Å². The number of hydrogen-bond donors (Lipinski definition) is 2. The van der Waals surface area contributed by atoms with E-state index in [0.29, 0.717) is 29.4 Å². The van der Waals surface area contributed by atoms with E-state index in [1.54, 1.807) is 12.2 Å². The van der Waals surface area contributed by atoms with Crippen molar-refractivity contribution in [1.29, 1.82) is 5.26 Å². The number of aliphatic hydroxyl groups excluding tert-OH is 1. The van der Waals surface area contributed by atoms with Crippen molar-refractivity contribution in [1.82, 2.24) is 9.80 Å². The number of piperazine rings is 1. The Morgan fingerprint density at radius 1 is 1.21 bits per heavy atom. The fraction of sp³-hybridized carbons (Fsp3) is 0.516. The number of amidine groups is 2. The van der Waals surface area contributed by atoms with E-state index < -0.39 is 24.3 Å². The summed E-state index contributed by atoms with van der Waals surface area (Å²) in [6, 6.07) is 10.2. The van der Waals surface area contributed by atoms with Crippen LogP contribution in [0.1, 0.15) is 26.7 Å². The van der Waals surface area contributed by atoms with Gasteiger partial charge in [0.05, 0.1) is 12.1 Å². The van der Waals surface area contributed by atoms with Gasteiger partial charge in [0.2, 0.25) is 0 Å². The molecule has 1 amide bonds. The summed E-state index contributed by atoms with van der Waals surface area (Å²) in [4.78, 5) is 31.8. The smallest absolute Gasteiger partial charge is 0.251 e. The quantitative estimate of drug-likeness (QED) is 0.521. The summed E-state index contributed by atoms with van der Waals surface area (Å²) in [5.74, 6) is 0.783. The topological polar surface area (TPSA) is 129 Å². The number of carbonyl (C=O) groups is 1. The molecule has 0 spiro atoms. The van der Waals surface area contributed by atoms with Crippen molar-refractivity contribution in [3.63, 3.8) is 0 Å². The van der Waals surface area contributed by atoms with Crippen LogP contribution in [0, 0.1) is 17.2 Å². The number of hydrogen-bond acceptors (Lipinski definition) is 10. The van der Waals surface area contributed by atoms with Crippen molar-refractivity contribution in [3.05, 3.63) is 47.7 Å². The number of nitrogens with one attached hydrogen (secondary N) is 1. The second kappa shape index (κ2) is 13.5. The SMILES string of the molecule is C[C@H](O)C(=O)N1CC[C@H](OC2=CCC(C3=N[C@H](C)C(Nc4ccc(N5CCN(C)CC5)cc4)=NC=N3)C=C2C#N)[C@H](F)C1. The lowest BCUT2D eigenvalue weighted by molar-refractivity contribution is -0.143. The largest absolute Gasteiger partial charge is 0.486 e. The van der Waals surface area contributed by atoms with Crippen molar-refractivity contribution in [2.24, 2.45) is 20.9 Å². The van der Waals surface area contributed by atoms with Gasteiger partial charge in [-0.15, -0.1) is 0 Å². The maximum Gasteiger partial charge on any atom is 0.251 e. The Balaban J connectivity index is 1.18. The minimum atomic E-state index is -1.43. The minimum Gasteiger partial charge on any atom is -0.486 e. The van der Waals surface area contributed by atoms with Crippen LogP contribution in [0.5, 0.6) is 0 Å². The van der Waals surface area contributed by atoms with Crippen LogP contribution < -0.4 is 10.2 Å². The fourth-order valence-corrected chi connectivity index (χ4v) is 5.57. The number of halogens is 1. The highest BCUT2D eigenvalue weighted by Gasteiger charge is 2.35. The van der Waals surface area contributed by atoms with Gasteiger partial charge >= 0.3 is 0 Å². The van der Waals surface area contributed by atoms with E-state index in [1.807, 2.05) is 19.1 Å². The second-order valence-corrected chi connectivity index (χ2v) is 11.4. The van der Waals surface area contributed by atoms with Gasteiger partial charge in [-0.05, 0) is 57.7 Å². The van der Waals surface area contributed by atoms with E-state index in [0.717, 1.165) is 31.9 Å². The molecule has 11 nitrogen and oxygen atoms in total. The average Bonchev–Trinajstić information content (AvgIpc) is 3.19. The third-order valence-corrected chi connectivity index (χ3v) is 8.19. The molecule has 43 heavy (non-hydrogen) atoms. The molecule has 12 heteroatoms. The lowest BCUT2D eigenvalue weighted by Gasteiger charge is -2.36. The Hall–Kier alpha value is -4.08. The molecule has 4 aliphatic rings. The zero-order valence-corrected chi connectivity index (χ0v) is 24.9. The van der Waals surface area contributed by atoms with Crippen molar-refractivity contribution >= 4 is 35.3 Å². The van der Waals surface area contributed by atoms with Crippen LogP contribution in [0.4, 0.5) is 15.8 Å². The first-order valence-electron chi connectivity index (χ1n) is 14.8. The molecule has 1 aliphatic carbocycles. The molecule has 0 aromatic heterocycles. The number of anilines is 2. The van der Waals surface area contributed by atoms with Crippen LogP contribution in [0.2, 0.25) is 0 Å². The summed E-state index contributed by atoms with van der Waals surface area (Å²) >= 11 is 0. The Bertz CT molecular complexity index is 1370. The molecule has 2 saturated heterocycles. The fourth-order valence-electron chi connectivity index (χ4n) is 5.57. The Labute approximate surface area is 251 Å². The zero-order chi connectivity index (χ0) is 30.5. The molecule has 0 saturated carbocycles. The molecule has 3 heterocycles. The summed E-state index contributed by atoms with van der Waals surface area (Å²) in [6.07, 6.45) is 2.36. The summed E-state index contributed by atoms with van der Waals surface area (Å²) in [5.41, 5.74) is 2.40. The van der Waals surface area contributed by atoms with Crippen molar-refractivity contribution in [3.8, 4) is 6.07 Å². The maximum atomic E-state index is 14.9. The maximum absolute atomic E-state index is 14.9. The van der Waals surface area contributed by atoms with Gasteiger partial charge in [-0.1, -0.05) is 6.08 Å². The predicted molar refractivity (Wildman–Crippen MR) is 165 cm³/mol. The van der Waals surface area contributed by atoms with E-state index in [9.17, 15) is 19.6 Å². The number of aliphatic imine (C=N–C) groups is 3. The monoisotopic (exact) mass is 590 g/mol. The Morgan fingerprint density at radius 3 is 2.63 bits per heavy atom. The molecule has 0 bridgehead atoms. The summed E-state index contributed by atoms with van der Waals surface area (Å²) in [7, 11) is 2.15. The van der Waals surface area contributed by atoms with Gasteiger partial charge in [-0.3, -0.25) is 9.79 Å². The highest BCUT2D eigenvalue weighted by atomic mass is 19.1. The molecule has 1 aromatic rings. The Morgan fingerprint density at radius 2 is 1.95 bits per heavy atom. The second-order valence-electron chi connectivity index (χ2n) is 11.4. The number of ether oxygens (including phenoxy) is 1. The molecule has 0 radical (unpaired) electrons. The lowest BCUT2D eigenvalue weighted by Crippen LogP contribution is -2.50. The van der Waals surface area contributed by atoms with Crippen LogP contribution in [-0.4, -0.2) is 110 Å². The average molecular weight is 591 g/mol. The third-order valence-electron chi connectivity index (χ3n) is 8.19. The molecular weight excluding hydrogens is 551 g/mol. The van der Waals surface area contributed by atoms with E-state index in [1.165, 1.54) is 23.8 Å². The molecule has 2 fully saturated rings. The highest BCUT2D eigenvalue weighted by Crippen LogP contribution is 2.30. The van der Waals surface area contributed by atoms with Gasteiger partial charge in [0, 0.05) is 56.4 Å². The van der Waals surface area contributed by atoms with Crippen LogP contribution in [0.15, 0.2) is 62.7 Å². The van der Waals surface area contributed by atoms with Crippen LogP contribution in [-0.2, 0) is 9.53 Å². The number of piperidine rings is 1. The van der Waals surface area contributed by atoms with Gasteiger partial charge < -0.3 is 29.9 Å². The predicted octanol–water partition coefficient (Wildman–Crippen LogP) is 2.77. The van der Waals surface area contributed by atoms with E-state index >= 15 is 0 Å². The van der Waals surface area contributed by atoms with Crippen LogP contribution in [0.25, 0.3) is 0 Å². The number of rotatable bonds is 6. The molecule has 1 aromatic carbocycles. The molecule has 5 atom stereocenters. The number of amides is 1. The standard InChI is InChI=1S/C31H39FN8O3/c1-20-29(37-24-5-7-25(8-6-24)39-14-12-38(3)13-15-39)34-19-35-30(36-20)22-4-9-27(23(16-22)17-33)43-28-10-11-40(18-26(28)32)31(42)21(2)41/h5-9,16,19-22,26,28,41H,4,10-15,18H2,1-3H3,(H,34,35,36,37)/t20-,21+,22?,26-,28+/m1/s1. The van der Waals surface area contributed by atoms with Crippen LogP contribution in [0.3, 0.4) is 0 Å². The van der Waals surface area contributed by atoms with Gasteiger partial charge in [0.1, 0.15) is 48.1 Å².